The van der Waals surface area contributed by atoms with E-state index in [1.165, 1.54) is 12.8 Å². The van der Waals surface area contributed by atoms with Crippen molar-refractivity contribution in [3.63, 3.8) is 0 Å². The van der Waals surface area contributed by atoms with Gasteiger partial charge in [0.25, 0.3) is 0 Å². The maximum atomic E-state index is 13.6. The summed E-state index contributed by atoms with van der Waals surface area (Å²) in [7, 11) is 0. The van der Waals surface area contributed by atoms with Crippen molar-refractivity contribution in [2.24, 2.45) is 0 Å². The Morgan fingerprint density at radius 2 is 1.82 bits per heavy atom. The summed E-state index contributed by atoms with van der Waals surface area (Å²) in [5, 5.41) is 0.323. The lowest BCUT2D eigenvalue weighted by Crippen LogP contribution is -2.42. The Labute approximate surface area is 107 Å². The molecule has 2 atom stereocenters. The van der Waals surface area contributed by atoms with Crippen molar-refractivity contribution in [2.45, 2.75) is 49.7 Å². The molecule has 2 unspecified atom stereocenters. The molecule has 1 aromatic rings. The van der Waals surface area contributed by atoms with Gasteiger partial charge in [-0.3, -0.25) is 4.90 Å². The summed E-state index contributed by atoms with van der Waals surface area (Å²) < 4.78 is 13.6. The molecule has 0 N–H and O–H groups in total. The van der Waals surface area contributed by atoms with Gasteiger partial charge in [0.15, 0.2) is 0 Å². The van der Waals surface area contributed by atoms with Crippen LogP contribution in [-0.2, 0) is 6.54 Å². The normalized spacial score (nSPS) is 32.9. The number of piperidine rings is 1. The highest BCUT2D eigenvalue weighted by Gasteiger charge is 2.39. The smallest absolute Gasteiger partial charge is 0.127 e. The van der Waals surface area contributed by atoms with E-state index in [-0.39, 0.29) is 5.82 Å². The second-order valence-electron chi connectivity index (χ2n) is 5.22. The molecule has 0 aromatic heterocycles. The van der Waals surface area contributed by atoms with Crippen molar-refractivity contribution in [1.82, 2.24) is 4.90 Å². The molecule has 3 rings (SSSR count). The number of fused-ring (bicyclic) bond motifs is 2. The zero-order valence-corrected chi connectivity index (χ0v) is 10.5. The lowest BCUT2D eigenvalue weighted by molar-refractivity contribution is 0.133. The van der Waals surface area contributed by atoms with E-state index in [4.69, 9.17) is 11.6 Å². The fourth-order valence-corrected chi connectivity index (χ4v) is 3.70. The summed E-state index contributed by atoms with van der Waals surface area (Å²) in [5.74, 6) is -0.0834. The van der Waals surface area contributed by atoms with Gasteiger partial charge in [-0.1, -0.05) is 18.2 Å². The molecule has 1 aromatic carbocycles. The van der Waals surface area contributed by atoms with E-state index in [9.17, 15) is 4.39 Å². The SMILES string of the molecule is Fc1ccccc1CN1C2CCC1CC(Cl)C2. The molecule has 0 amide bonds. The molecular weight excluding hydrogens is 237 g/mol. The Bertz CT molecular complexity index is 395. The number of nitrogens with zero attached hydrogens (tertiary/aromatic N) is 1. The van der Waals surface area contributed by atoms with Gasteiger partial charge in [-0.05, 0) is 31.7 Å². The molecule has 17 heavy (non-hydrogen) atoms. The van der Waals surface area contributed by atoms with E-state index in [0.717, 1.165) is 24.9 Å². The standard InChI is InChI=1S/C14H17ClFN/c15-11-7-12-5-6-13(8-11)17(12)9-10-3-1-2-4-14(10)16/h1-4,11-13H,5-9H2. The first-order chi connectivity index (χ1) is 8.24. The maximum absolute atomic E-state index is 13.6. The molecule has 0 spiro atoms. The highest BCUT2D eigenvalue weighted by atomic mass is 35.5. The molecule has 0 aliphatic carbocycles. The molecular formula is C14H17ClFN. The molecule has 3 heteroatoms. The van der Waals surface area contributed by atoms with Gasteiger partial charge < -0.3 is 0 Å². The van der Waals surface area contributed by atoms with Crippen molar-refractivity contribution in [1.29, 1.82) is 0 Å². The molecule has 2 fully saturated rings. The van der Waals surface area contributed by atoms with Gasteiger partial charge in [-0.15, -0.1) is 11.6 Å². The van der Waals surface area contributed by atoms with E-state index >= 15 is 0 Å². The molecule has 92 valence electrons. The van der Waals surface area contributed by atoms with Crippen molar-refractivity contribution >= 4 is 11.6 Å². The summed E-state index contributed by atoms with van der Waals surface area (Å²) in [6.07, 6.45) is 4.57. The second kappa shape index (κ2) is 4.58. The van der Waals surface area contributed by atoms with Crippen molar-refractivity contribution in [2.75, 3.05) is 0 Å². The number of benzene rings is 1. The predicted octanol–water partition coefficient (Wildman–Crippen LogP) is 3.56. The number of rotatable bonds is 2. The van der Waals surface area contributed by atoms with Crippen LogP contribution in [0.4, 0.5) is 4.39 Å². The van der Waals surface area contributed by atoms with Crippen LogP contribution in [0.1, 0.15) is 31.2 Å². The third-order valence-corrected chi connectivity index (χ3v) is 4.49. The molecule has 2 aliphatic heterocycles. The zero-order valence-electron chi connectivity index (χ0n) is 9.78. The van der Waals surface area contributed by atoms with Crippen LogP contribution in [-0.4, -0.2) is 22.4 Å². The molecule has 0 radical (unpaired) electrons. The average molecular weight is 254 g/mol. The van der Waals surface area contributed by atoms with E-state index in [1.54, 1.807) is 12.1 Å². The summed E-state index contributed by atoms with van der Waals surface area (Å²) in [6.45, 7) is 0.742. The van der Waals surface area contributed by atoms with Gasteiger partial charge >= 0.3 is 0 Å². The fraction of sp³-hybridized carbons (Fsp3) is 0.571. The van der Waals surface area contributed by atoms with Gasteiger partial charge in [0.1, 0.15) is 5.82 Å². The monoisotopic (exact) mass is 253 g/mol. The first-order valence-corrected chi connectivity index (χ1v) is 6.81. The minimum Gasteiger partial charge on any atom is -0.293 e. The predicted molar refractivity (Wildman–Crippen MR) is 67.6 cm³/mol. The topological polar surface area (TPSA) is 3.24 Å². The van der Waals surface area contributed by atoms with Crippen LogP contribution in [0.25, 0.3) is 0 Å². The number of hydrogen-bond acceptors (Lipinski definition) is 1. The van der Waals surface area contributed by atoms with Crippen LogP contribution in [0.2, 0.25) is 0 Å². The van der Waals surface area contributed by atoms with Gasteiger partial charge in [0, 0.05) is 29.6 Å². The Balaban J connectivity index is 1.76. The highest BCUT2D eigenvalue weighted by Crippen LogP contribution is 2.38. The summed E-state index contributed by atoms with van der Waals surface area (Å²) in [6, 6.07) is 8.23. The first kappa shape index (κ1) is 11.5. The van der Waals surface area contributed by atoms with Crippen LogP contribution >= 0.6 is 11.6 Å². The van der Waals surface area contributed by atoms with E-state index in [1.807, 2.05) is 12.1 Å². The lowest BCUT2D eigenvalue weighted by Gasteiger charge is -2.37. The van der Waals surface area contributed by atoms with Crippen LogP contribution in [0.15, 0.2) is 24.3 Å². The van der Waals surface area contributed by atoms with E-state index < -0.39 is 0 Å². The molecule has 0 saturated carbocycles. The Hall–Kier alpha value is -0.600. The van der Waals surface area contributed by atoms with E-state index in [2.05, 4.69) is 4.90 Å². The number of alkyl halides is 1. The molecule has 2 aliphatic rings. The molecule has 1 nitrogen and oxygen atoms in total. The maximum Gasteiger partial charge on any atom is 0.127 e. The van der Waals surface area contributed by atoms with Gasteiger partial charge in [0.2, 0.25) is 0 Å². The lowest BCUT2D eigenvalue weighted by atomic mass is 10.0. The first-order valence-electron chi connectivity index (χ1n) is 6.37. The number of hydrogen-bond donors (Lipinski definition) is 0. The van der Waals surface area contributed by atoms with E-state index in [0.29, 0.717) is 17.5 Å². The summed E-state index contributed by atoms with van der Waals surface area (Å²) >= 11 is 6.25. The van der Waals surface area contributed by atoms with Gasteiger partial charge in [-0.25, -0.2) is 4.39 Å². The molecule has 2 bridgehead atoms. The van der Waals surface area contributed by atoms with Crippen molar-refractivity contribution < 1.29 is 4.39 Å². The van der Waals surface area contributed by atoms with Crippen LogP contribution < -0.4 is 0 Å². The molecule has 2 heterocycles. The summed E-state index contributed by atoms with van der Waals surface area (Å²) in [4.78, 5) is 2.46. The third kappa shape index (κ3) is 2.21. The number of halogens is 2. The minimum absolute atomic E-state index is 0.0834. The van der Waals surface area contributed by atoms with Gasteiger partial charge in [-0.2, -0.15) is 0 Å². The average Bonchev–Trinajstić information content (AvgIpc) is 2.56. The van der Waals surface area contributed by atoms with Crippen LogP contribution in [0.3, 0.4) is 0 Å². The third-order valence-electron chi connectivity index (χ3n) is 4.14. The Kier molecular flexibility index (Phi) is 3.10. The van der Waals surface area contributed by atoms with Crippen LogP contribution in [0.5, 0.6) is 0 Å². The largest absolute Gasteiger partial charge is 0.293 e. The Morgan fingerprint density at radius 1 is 1.18 bits per heavy atom. The highest BCUT2D eigenvalue weighted by molar-refractivity contribution is 6.20. The van der Waals surface area contributed by atoms with Crippen molar-refractivity contribution in [3.05, 3.63) is 35.6 Å². The van der Waals surface area contributed by atoms with Crippen molar-refractivity contribution in [3.8, 4) is 0 Å². The Morgan fingerprint density at radius 3 is 2.47 bits per heavy atom. The zero-order chi connectivity index (χ0) is 11.8. The second-order valence-corrected chi connectivity index (χ2v) is 5.83. The van der Waals surface area contributed by atoms with Gasteiger partial charge in [0.05, 0.1) is 0 Å². The fourth-order valence-electron chi connectivity index (χ4n) is 3.29. The quantitative estimate of drug-likeness (QED) is 0.729. The summed E-state index contributed by atoms with van der Waals surface area (Å²) in [5.41, 5.74) is 0.817. The molecule has 2 saturated heterocycles. The minimum atomic E-state index is -0.0834. The van der Waals surface area contributed by atoms with Crippen LogP contribution in [0, 0.1) is 5.82 Å².